The fraction of sp³-hybridized carbons (Fsp3) is 0.364. The maximum Gasteiger partial charge on any atom is 0.122 e. The molecule has 4 nitrogen and oxygen atoms in total. The highest BCUT2D eigenvalue weighted by Crippen LogP contribution is 2.24. The number of benzene rings is 1. The highest BCUT2D eigenvalue weighted by Gasteiger charge is 2.04. The van der Waals surface area contributed by atoms with Crippen molar-refractivity contribution in [1.29, 1.82) is 0 Å². The number of hydrogen-bond donors (Lipinski definition) is 0. The number of aliphatic carboxylic acids is 1. The molecule has 0 heterocycles. The van der Waals surface area contributed by atoms with Gasteiger partial charge in [-0.3, -0.25) is 0 Å². The first kappa shape index (κ1) is 11.4. The van der Waals surface area contributed by atoms with Gasteiger partial charge < -0.3 is 19.4 Å². The number of carbonyl (C=O) groups excluding carboxylic acids is 1. The lowest BCUT2D eigenvalue weighted by atomic mass is 10.1. The van der Waals surface area contributed by atoms with Crippen LogP contribution >= 0.6 is 0 Å². The Balaban J connectivity index is 2.85. The first-order valence-corrected chi connectivity index (χ1v) is 4.58. The first-order valence-electron chi connectivity index (χ1n) is 4.58. The molecule has 1 aromatic rings. The van der Waals surface area contributed by atoms with Crippen molar-refractivity contribution >= 4 is 5.97 Å². The summed E-state index contributed by atoms with van der Waals surface area (Å²) >= 11 is 0. The smallest absolute Gasteiger partial charge is 0.122 e. The van der Waals surface area contributed by atoms with E-state index in [1.54, 1.807) is 32.4 Å². The molecule has 0 bridgehead atoms. The number of carboxylic acid groups (broad SMARTS) is 1. The second-order valence-electron chi connectivity index (χ2n) is 3.05. The van der Waals surface area contributed by atoms with Crippen LogP contribution in [-0.4, -0.2) is 20.2 Å². The SMILES string of the molecule is COc1ccc(OC)c(CCC(=O)[O-])c1. The van der Waals surface area contributed by atoms with Crippen LogP contribution in [0.5, 0.6) is 11.5 Å². The lowest BCUT2D eigenvalue weighted by molar-refractivity contribution is -0.305. The third kappa shape index (κ3) is 3.16. The molecule has 15 heavy (non-hydrogen) atoms. The van der Waals surface area contributed by atoms with Gasteiger partial charge in [-0.05, 0) is 36.6 Å². The van der Waals surface area contributed by atoms with Crippen molar-refractivity contribution in [2.45, 2.75) is 12.8 Å². The third-order valence-electron chi connectivity index (χ3n) is 2.09. The van der Waals surface area contributed by atoms with E-state index in [0.29, 0.717) is 17.9 Å². The summed E-state index contributed by atoms with van der Waals surface area (Å²) in [7, 11) is 3.11. The quantitative estimate of drug-likeness (QED) is 0.703. The first-order chi connectivity index (χ1) is 7.17. The van der Waals surface area contributed by atoms with Gasteiger partial charge in [0.1, 0.15) is 11.5 Å². The largest absolute Gasteiger partial charge is 0.550 e. The number of aryl methyl sites for hydroxylation is 1. The number of ether oxygens (including phenoxy) is 2. The molecule has 1 aromatic carbocycles. The van der Waals surface area contributed by atoms with Crippen LogP contribution in [0.1, 0.15) is 12.0 Å². The van der Waals surface area contributed by atoms with E-state index >= 15 is 0 Å². The Bertz CT molecular complexity index is 346. The van der Waals surface area contributed by atoms with Crippen molar-refractivity contribution in [3.05, 3.63) is 23.8 Å². The molecule has 0 spiro atoms. The fourth-order valence-electron chi connectivity index (χ4n) is 1.31. The zero-order valence-electron chi connectivity index (χ0n) is 8.78. The van der Waals surface area contributed by atoms with E-state index in [9.17, 15) is 9.90 Å². The Hall–Kier alpha value is -1.71. The van der Waals surface area contributed by atoms with Gasteiger partial charge >= 0.3 is 0 Å². The van der Waals surface area contributed by atoms with Gasteiger partial charge in [0, 0.05) is 5.97 Å². The van der Waals surface area contributed by atoms with Crippen molar-refractivity contribution in [3.63, 3.8) is 0 Å². The van der Waals surface area contributed by atoms with E-state index in [-0.39, 0.29) is 6.42 Å². The fourth-order valence-corrected chi connectivity index (χ4v) is 1.31. The summed E-state index contributed by atoms with van der Waals surface area (Å²) in [5.41, 5.74) is 0.807. The summed E-state index contributed by atoms with van der Waals surface area (Å²) in [5.74, 6) is 0.279. The Morgan fingerprint density at radius 3 is 2.60 bits per heavy atom. The summed E-state index contributed by atoms with van der Waals surface area (Å²) in [6.07, 6.45) is 0.353. The highest BCUT2D eigenvalue weighted by molar-refractivity contribution is 5.65. The maximum absolute atomic E-state index is 10.3. The summed E-state index contributed by atoms with van der Waals surface area (Å²) in [4.78, 5) is 10.3. The minimum atomic E-state index is -1.07. The van der Waals surface area contributed by atoms with Gasteiger partial charge in [-0.1, -0.05) is 0 Å². The lowest BCUT2D eigenvalue weighted by Gasteiger charge is -2.10. The zero-order chi connectivity index (χ0) is 11.3. The van der Waals surface area contributed by atoms with Gasteiger partial charge in [-0.15, -0.1) is 0 Å². The predicted molar refractivity (Wildman–Crippen MR) is 52.9 cm³/mol. The molecule has 0 saturated heterocycles. The Morgan fingerprint density at radius 1 is 1.33 bits per heavy atom. The summed E-state index contributed by atoms with van der Waals surface area (Å²) in [5, 5.41) is 10.3. The molecule has 0 atom stereocenters. The van der Waals surface area contributed by atoms with Crippen LogP contribution < -0.4 is 14.6 Å². The minimum absolute atomic E-state index is 0.0243. The van der Waals surface area contributed by atoms with E-state index in [4.69, 9.17) is 9.47 Å². The van der Waals surface area contributed by atoms with Crippen LogP contribution in [0.25, 0.3) is 0 Å². The number of hydrogen-bond acceptors (Lipinski definition) is 4. The van der Waals surface area contributed by atoms with E-state index < -0.39 is 5.97 Å². The standard InChI is InChI=1S/C11H14O4/c1-14-9-4-5-10(15-2)8(7-9)3-6-11(12)13/h4-5,7H,3,6H2,1-2H3,(H,12,13)/p-1. The van der Waals surface area contributed by atoms with Crippen molar-refractivity contribution in [1.82, 2.24) is 0 Å². The molecule has 0 radical (unpaired) electrons. The number of methoxy groups -OCH3 is 2. The van der Waals surface area contributed by atoms with Gasteiger partial charge in [0.2, 0.25) is 0 Å². The normalized spacial score (nSPS) is 9.73. The average Bonchev–Trinajstić information content (AvgIpc) is 2.25. The highest BCUT2D eigenvalue weighted by atomic mass is 16.5. The van der Waals surface area contributed by atoms with Crippen LogP contribution in [0.3, 0.4) is 0 Å². The van der Waals surface area contributed by atoms with Gasteiger partial charge in [-0.2, -0.15) is 0 Å². The van der Waals surface area contributed by atoms with Crippen molar-refractivity contribution < 1.29 is 19.4 Å². The molecule has 0 aliphatic rings. The molecule has 0 unspecified atom stereocenters. The topological polar surface area (TPSA) is 58.6 Å². The molecule has 1 rings (SSSR count). The average molecular weight is 209 g/mol. The van der Waals surface area contributed by atoms with Crippen LogP contribution in [0.15, 0.2) is 18.2 Å². The second-order valence-corrected chi connectivity index (χ2v) is 3.05. The molecule has 0 fully saturated rings. The minimum Gasteiger partial charge on any atom is -0.550 e. The van der Waals surface area contributed by atoms with E-state index in [2.05, 4.69) is 0 Å². The molecule has 0 saturated carbocycles. The number of rotatable bonds is 5. The van der Waals surface area contributed by atoms with Crippen molar-refractivity contribution in [2.75, 3.05) is 14.2 Å². The molecule has 0 aliphatic heterocycles. The van der Waals surface area contributed by atoms with Crippen LogP contribution in [0, 0.1) is 0 Å². The van der Waals surface area contributed by atoms with E-state index in [0.717, 1.165) is 5.56 Å². The van der Waals surface area contributed by atoms with Gasteiger partial charge in [-0.25, -0.2) is 0 Å². The van der Waals surface area contributed by atoms with Crippen LogP contribution in [0.4, 0.5) is 0 Å². The predicted octanol–water partition coefficient (Wildman–Crippen LogP) is 0.386. The molecule has 4 heteroatoms. The summed E-state index contributed by atoms with van der Waals surface area (Å²) < 4.78 is 10.2. The number of carbonyl (C=O) groups is 1. The Morgan fingerprint density at radius 2 is 2.07 bits per heavy atom. The van der Waals surface area contributed by atoms with Crippen LogP contribution in [0.2, 0.25) is 0 Å². The summed E-state index contributed by atoms with van der Waals surface area (Å²) in [6, 6.07) is 5.28. The van der Waals surface area contributed by atoms with Gasteiger partial charge in [0.25, 0.3) is 0 Å². The zero-order valence-corrected chi connectivity index (χ0v) is 8.78. The van der Waals surface area contributed by atoms with E-state index in [1.165, 1.54) is 0 Å². The molecule has 82 valence electrons. The van der Waals surface area contributed by atoms with Crippen molar-refractivity contribution in [3.8, 4) is 11.5 Å². The van der Waals surface area contributed by atoms with Gasteiger partial charge in [0.05, 0.1) is 14.2 Å². The molecule has 0 N–H and O–H groups in total. The Labute approximate surface area is 88.4 Å². The third-order valence-corrected chi connectivity index (χ3v) is 2.09. The molecule has 0 aromatic heterocycles. The Kier molecular flexibility index (Phi) is 3.97. The lowest BCUT2D eigenvalue weighted by Crippen LogP contribution is -2.22. The monoisotopic (exact) mass is 209 g/mol. The van der Waals surface area contributed by atoms with Crippen LogP contribution in [-0.2, 0) is 11.2 Å². The van der Waals surface area contributed by atoms with Gasteiger partial charge in [0.15, 0.2) is 0 Å². The molecular formula is C11H13O4-. The maximum atomic E-state index is 10.3. The van der Waals surface area contributed by atoms with E-state index in [1.807, 2.05) is 0 Å². The number of carboxylic acids is 1. The molecule has 0 aliphatic carbocycles. The second kappa shape index (κ2) is 5.24. The molecular weight excluding hydrogens is 196 g/mol. The molecule has 0 amide bonds. The van der Waals surface area contributed by atoms with Crippen molar-refractivity contribution in [2.24, 2.45) is 0 Å². The summed E-state index contributed by atoms with van der Waals surface area (Å²) in [6.45, 7) is 0.